The van der Waals surface area contributed by atoms with Crippen molar-refractivity contribution in [3.63, 3.8) is 0 Å². The number of hydrogen-bond acceptors (Lipinski definition) is 1. The van der Waals surface area contributed by atoms with Gasteiger partial charge in [-0.05, 0) is 6.42 Å². The van der Waals surface area contributed by atoms with E-state index in [1.807, 2.05) is 18.0 Å². The minimum absolute atomic E-state index is 0.274. The maximum Gasteiger partial charge on any atom is 0.222 e. The van der Waals surface area contributed by atoms with Crippen LogP contribution in [0.4, 0.5) is 0 Å². The molecule has 2 atom stereocenters. The SMILES string of the molecule is CN1C(=O)CCC2C=CC=CC21. The van der Waals surface area contributed by atoms with Gasteiger partial charge in [0.1, 0.15) is 0 Å². The molecule has 2 nitrogen and oxygen atoms in total. The van der Waals surface area contributed by atoms with Crippen molar-refractivity contribution in [2.24, 2.45) is 5.92 Å². The van der Waals surface area contributed by atoms with Gasteiger partial charge in [-0.15, -0.1) is 0 Å². The van der Waals surface area contributed by atoms with E-state index in [1.165, 1.54) is 0 Å². The van der Waals surface area contributed by atoms with Gasteiger partial charge in [0.05, 0.1) is 6.04 Å². The molecule has 0 aromatic carbocycles. The molecule has 2 rings (SSSR count). The lowest BCUT2D eigenvalue weighted by atomic mass is 9.86. The molecule has 64 valence electrons. The fourth-order valence-corrected chi connectivity index (χ4v) is 1.96. The largest absolute Gasteiger partial charge is 0.339 e. The van der Waals surface area contributed by atoms with Crippen LogP contribution >= 0.6 is 0 Å². The van der Waals surface area contributed by atoms with Crippen molar-refractivity contribution in [1.82, 2.24) is 4.90 Å². The van der Waals surface area contributed by atoms with E-state index in [-0.39, 0.29) is 5.91 Å². The number of carbonyl (C=O) groups is 1. The number of carbonyl (C=O) groups excluding carboxylic acids is 1. The number of fused-ring (bicyclic) bond motifs is 1. The second kappa shape index (κ2) is 2.77. The Morgan fingerprint density at radius 2 is 2.17 bits per heavy atom. The van der Waals surface area contributed by atoms with Gasteiger partial charge >= 0.3 is 0 Å². The fourth-order valence-electron chi connectivity index (χ4n) is 1.96. The van der Waals surface area contributed by atoms with E-state index in [0.717, 1.165) is 6.42 Å². The summed E-state index contributed by atoms with van der Waals surface area (Å²) in [5.74, 6) is 0.828. The highest BCUT2D eigenvalue weighted by Crippen LogP contribution is 2.27. The zero-order valence-corrected chi connectivity index (χ0v) is 7.23. The van der Waals surface area contributed by atoms with Gasteiger partial charge in [-0.3, -0.25) is 4.79 Å². The van der Waals surface area contributed by atoms with E-state index in [4.69, 9.17) is 0 Å². The standard InChI is InChI=1S/C10H13NO/c1-11-9-5-3-2-4-8(9)6-7-10(11)12/h2-5,8-9H,6-7H2,1H3. The third-order valence-electron chi connectivity index (χ3n) is 2.75. The van der Waals surface area contributed by atoms with Gasteiger partial charge in [0.25, 0.3) is 0 Å². The molecule has 12 heavy (non-hydrogen) atoms. The predicted octanol–water partition coefficient (Wildman–Crippen LogP) is 1.35. The molecule has 1 heterocycles. The van der Waals surface area contributed by atoms with Crippen molar-refractivity contribution in [2.45, 2.75) is 18.9 Å². The van der Waals surface area contributed by atoms with Gasteiger partial charge in [0.2, 0.25) is 5.91 Å². The van der Waals surface area contributed by atoms with Crippen LogP contribution in [-0.2, 0) is 4.79 Å². The van der Waals surface area contributed by atoms with E-state index in [0.29, 0.717) is 18.4 Å². The average molecular weight is 163 g/mol. The molecule has 0 spiro atoms. The van der Waals surface area contributed by atoms with Crippen LogP contribution in [0.15, 0.2) is 24.3 Å². The molecular formula is C10H13NO. The molecule has 0 N–H and O–H groups in total. The Morgan fingerprint density at radius 3 is 3.00 bits per heavy atom. The summed E-state index contributed by atoms with van der Waals surface area (Å²) in [7, 11) is 1.89. The molecule has 1 fully saturated rings. The lowest BCUT2D eigenvalue weighted by molar-refractivity contribution is -0.134. The Hall–Kier alpha value is -1.05. The predicted molar refractivity (Wildman–Crippen MR) is 47.6 cm³/mol. The smallest absolute Gasteiger partial charge is 0.222 e. The highest BCUT2D eigenvalue weighted by atomic mass is 16.2. The topological polar surface area (TPSA) is 20.3 Å². The summed E-state index contributed by atoms with van der Waals surface area (Å²) in [6.45, 7) is 0. The fraction of sp³-hybridized carbons (Fsp3) is 0.500. The summed E-state index contributed by atoms with van der Waals surface area (Å²) in [5, 5.41) is 0. The monoisotopic (exact) mass is 163 g/mol. The van der Waals surface area contributed by atoms with Crippen LogP contribution in [0, 0.1) is 5.92 Å². The molecule has 1 saturated heterocycles. The normalized spacial score (nSPS) is 33.8. The van der Waals surface area contributed by atoms with Gasteiger partial charge in [-0.2, -0.15) is 0 Å². The third kappa shape index (κ3) is 1.07. The first-order valence-electron chi connectivity index (χ1n) is 4.39. The maximum atomic E-state index is 11.3. The molecule has 1 amide bonds. The molecule has 0 bridgehead atoms. The second-order valence-electron chi connectivity index (χ2n) is 3.47. The van der Waals surface area contributed by atoms with Crippen molar-refractivity contribution in [1.29, 1.82) is 0 Å². The third-order valence-corrected chi connectivity index (χ3v) is 2.75. The summed E-state index contributed by atoms with van der Waals surface area (Å²) in [5.41, 5.74) is 0. The first-order chi connectivity index (χ1) is 5.79. The lowest BCUT2D eigenvalue weighted by Gasteiger charge is -2.37. The average Bonchev–Trinajstić information content (AvgIpc) is 2.12. The van der Waals surface area contributed by atoms with Gasteiger partial charge in [-0.25, -0.2) is 0 Å². The highest BCUT2D eigenvalue weighted by Gasteiger charge is 2.30. The molecule has 0 aromatic rings. The van der Waals surface area contributed by atoms with Crippen molar-refractivity contribution in [2.75, 3.05) is 7.05 Å². The Morgan fingerprint density at radius 1 is 1.42 bits per heavy atom. The lowest BCUT2D eigenvalue weighted by Crippen LogP contribution is -2.44. The Balaban J connectivity index is 2.21. The zero-order chi connectivity index (χ0) is 8.55. The van der Waals surface area contributed by atoms with Crippen LogP contribution in [0.2, 0.25) is 0 Å². The molecule has 0 aromatic heterocycles. The molecule has 2 aliphatic rings. The van der Waals surface area contributed by atoms with Gasteiger partial charge in [0.15, 0.2) is 0 Å². The van der Waals surface area contributed by atoms with Crippen LogP contribution in [0.25, 0.3) is 0 Å². The Kier molecular flexibility index (Phi) is 1.75. The number of hydrogen-bond donors (Lipinski definition) is 0. The number of nitrogens with zero attached hydrogens (tertiary/aromatic N) is 1. The Bertz CT molecular complexity index is 253. The number of piperidine rings is 1. The molecule has 2 unspecified atom stereocenters. The number of allylic oxidation sites excluding steroid dienone is 2. The summed E-state index contributed by atoms with van der Waals surface area (Å²) < 4.78 is 0. The van der Waals surface area contributed by atoms with E-state index in [2.05, 4.69) is 18.2 Å². The van der Waals surface area contributed by atoms with E-state index >= 15 is 0 Å². The van der Waals surface area contributed by atoms with Crippen LogP contribution in [0.3, 0.4) is 0 Å². The first-order valence-corrected chi connectivity index (χ1v) is 4.39. The summed E-state index contributed by atoms with van der Waals surface area (Å²) in [6, 6.07) is 0.316. The number of likely N-dealkylation sites (N-methyl/N-ethyl adjacent to an activating group) is 1. The van der Waals surface area contributed by atoms with Crippen LogP contribution in [0.1, 0.15) is 12.8 Å². The van der Waals surface area contributed by atoms with E-state index in [1.54, 1.807) is 0 Å². The van der Waals surface area contributed by atoms with Crippen molar-refractivity contribution in [3.05, 3.63) is 24.3 Å². The summed E-state index contributed by atoms with van der Waals surface area (Å²) in [6.07, 6.45) is 10.1. The maximum absolute atomic E-state index is 11.3. The van der Waals surface area contributed by atoms with Gasteiger partial charge in [0, 0.05) is 19.4 Å². The van der Waals surface area contributed by atoms with Crippen molar-refractivity contribution >= 4 is 5.91 Å². The molecule has 0 radical (unpaired) electrons. The van der Waals surface area contributed by atoms with Crippen LogP contribution < -0.4 is 0 Å². The Labute approximate surface area is 72.6 Å². The molecule has 0 saturated carbocycles. The van der Waals surface area contributed by atoms with E-state index in [9.17, 15) is 4.79 Å². The zero-order valence-electron chi connectivity index (χ0n) is 7.23. The molecule has 1 aliphatic heterocycles. The van der Waals surface area contributed by atoms with Gasteiger partial charge < -0.3 is 4.90 Å². The minimum atomic E-state index is 0.274. The molecule has 1 aliphatic carbocycles. The second-order valence-corrected chi connectivity index (χ2v) is 3.47. The van der Waals surface area contributed by atoms with Crippen molar-refractivity contribution in [3.8, 4) is 0 Å². The number of amides is 1. The van der Waals surface area contributed by atoms with Crippen LogP contribution in [0.5, 0.6) is 0 Å². The van der Waals surface area contributed by atoms with Crippen LogP contribution in [-0.4, -0.2) is 23.9 Å². The summed E-state index contributed by atoms with van der Waals surface area (Å²) in [4.78, 5) is 13.2. The number of rotatable bonds is 0. The minimum Gasteiger partial charge on any atom is -0.339 e. The number of likely N-dealkylation sites (tertiary alicyclic amines) is 1. The summed E-state index contributed by atoms with van der Waals surface area (Å²) >= 11 is 0. The first kappa shape index (κ1) is 7.59. The quantitative estimate of drug-likeness (QED) is 0.528. The van der Waals surface area contributed by atoms with E-state index < -0.39 is 0 Å². The van der Waals surface area contributed by atoms with Crippen molar-refractivity contribution < 1.29 is 4.79 Å². The molecular weight excluding hydrogens is 150 g/mol. The highest BCUT2D eigenvalue weighted by molar-refractivity contribution is 5.77. The van der Waals surface area contributed by atoms with Gasteiger partial charge in [-0.1, -0.05) is 24.3 Å². The molecule has 2 heteroatoms.